The van der Waals surface area contributed by atoms with E-state index in [0.29, 0.717) is 0 Å². The molecular formula is C17H16O3. The number of ether oxygens (including phenoxy) is 1. The van der Waals surface area contributed by atoms with Crippen molar-refractivity contribution < 1.29 is 14.6 Å². The molecule has 2 rings (SSSR count). The predicted molar refractivity (Wildman–Crippen MR) is 78.9 cm³/mol. The number of carboxylic acid groups (broad SMARTS) is 1. The first kappa shape index (κ1) is 13.9. The van der Waals surface area contributed by atoms with Crippen LogP contribution < -0.4 is 4.74 Å². The molecule has 3 heteroatoms. The molecule has 20 heavy (non-hydrogen) atoms. The lowest BCUT2D eigenvalue weighted by molar-refractivity contribution is -0.131. The molecule has 2 aromatic rings. The molecular weight excluding hydrogens is 252 g/mol. The molecule has 0 radical (unpaired) electrons. The van der Waals surface area contributed by atoms with Crippen molar-refractivity contribution in [2.24, 2.45) is 0 Å². The average Bonchev–Trinajstić information content (AvgIpc) is 2.47. The molecule has 2 aromatic carbocycles. The van der Waals surface area contributed by atoms with E-state index in [0.717, 1.165) is 29.4 Å². The van der Waals surface area contributed by atoms with E-state index < -0.39 is 5.97 Å². The van der Waals surface area contributed by atoms with Crippen molar-refractivity contribution in [1.82, 2.24) is 0 Å². The van der Waals surface area contributed by atoms with Crippen molar-refractivity contribution in [1.29, 1.82) is 0 Å². The fourth-order valence-electron chi connectivity index (χ4n) is 1.99. The van der Waals surface area contributed by atoms with Gasteiger partial charge in [0, 0.05) is 12.5 Å². The van der Waals surface area contributed by atoms with E-state index in [2.05, 4.69) is 12.1 Å². The van der Waals surface area contributed by atoms with Crippen LogP contribution in [0, 0.1) is 0 Å². The SMILES string of the molecule is COc1cc(/C=C/C(=O)O)ccc1Cc1ccccc1. The van der Waals surface area contributed by atoms with Gasteiger partial charge < -0.3 is 9.84 Å². The number of carbonyl (C=O) groups is 1. The molecule has 0 fully saturated rings. The highest BCUT2D eigenvalue weighted by Gasteiger charge is 2.04. The molecule has 102 valence electrons. The highest BCUT2D eigenvalue weighted by Crippen LogP contribution is 2.23. The van der Waals surface area contributed by atoms with Gasteiger partial charge in [0.1, 0.15) is 5.75 Å². The lowest BCUT2D eigenvalue weighted by Gasteiger charge is -2.09. The average molecular weight is 268 g/mol. The predicted octanol–water partition coefficient (Wildman–Crippen LogP) is 3.38. The summed E-state index contributed by atoms with van der Waals surface area (Å²) in [4.78, 5) is 10.5. The van der Waals surface area contributed by atoms with Crippen LogP contribution in [-0.4, -0.2) is 18.2 Å². The summed E-state index contributed by atoms with van der Waals surface area (Å²) < 4.78 is 5.38. The van der Waals surface area contributed by atoms with Gasteiger partial charge in [-0.25, -0.2) is 4.79 Å². The zero-order valence-electron chi connectivity index (χ0n) is 11.2. The molecule has 0 heterocycles. The van der Waals surface area contributed by atoms with Gasteiger partial charge in [0.2, 0.25) is 0 Å². The highest BCUT2D eigenvalue weighted by molar-refractivity contribution is 5.85. The maximum Gasteiger partial charge on any atom is 0.328 e. The second kappa shape index (κ2) is 6.57. The maximum atomic E-state index is 10.5. The Bertz CT molecular complexity index is 615. The first-order valence-corrected chi connectivity index (χ1v) is 6.31. The van der Waals surface area contributed by atoms with Crippen LogP contribution in [0.3, 0.4) is 0 Å². The number of methoxy groups -OCH3 is 1. The molecule has 1 N–H and O–H groups in total. The minimum Gasteiger partial charge on any atom is -0.496 e. The Morgan fingerprint density at radius 1 is 1.20 bits per heavy atom. The standard InChI is InChI=1S/C17H16O3/c1-20-16-12-14(8-10-17(18)19)7-9-15(16)11-13-5-3-2-4-6-13/h2-10,12H,11H2,1H3,(H,18,19)/b10-8+. The third-order valence-corrected chi connectivity index (χ3v) is 2.97. The molecule has 0 saturated heterocycles. The van der Waals surface area contributed by atoms with Gasteiger partial charge in [0.25, 0.3) is 0 Å². The van der Waals surface area contributed by atoms with E-state index in [1.165, 1.54) is 5.56 Å². The lowest BCUT2D eigenvalue weighted by Crippen LogP contribution is -1.94. The molecule has 0 spiro atoms. The van der Waals surface area contributed by atoms with E-state index in [1.54, 1.807) is 13.2 Å². The van der Waals surface area contributed by atoms with Crippen LogP contribution in [-0.2, 0) is 11.2 Å². The summed E-state index contributed by atoms with van der Waals surface area (Å²) in [6, 6.07) is 15.8. The smallest absolute Gasteiger partial charge is 0.328 e. The maximum absolute atomic E-state index is 10.5. The van der Waals surface area contributed by atoms with Gasteiger partial charge in [-0.1, -0.05) is 42.5 Å². The van der Waals surface area contributed by atoms with Crippen LogP contribution in [0.4, 0.5) is 0 Å². The molecule has 0 unspecified atom stereocenters. The van der Waals surface area contributed by atoms with Crippen molar-refractivity contribution in [2.75, 3.05) is 7.11 Å². The summed E-state index contributed by atoms with van der Waals surface area (Å²) in [6.45, 7) is 0. The Kier molecular flexibility index (Phi) is 4.56. The number of rotatable bonds is 5. The van der Waals surface area contributed by atoms with Crippen LogP contribution in [0.25, 0.3) is 6.08 Å². The molecule has 0 saturated carbocycles. The van der Waals surface area contributed by atoms with Gasteiger partial charge >= 0.3 is 5.97 Å². The second-order valence-electron chi connectivity index (χ2n) is 4.41. The third-order valence-electron chi connectivity index (χ3n) is 2.97. The van der Waals surface area contributed by atoms with Crippen molar-refractivity contribution in [3.63, 3.8) is 0 Å². The molecule has 0 aliphatic carbocycles. The van der Waals surface area contributed by atoms with Gasteiger partial charge in [0.05, 0.1) is 7.11 Å². The van der Waals surface area contributed by atoms with Gasteiger partial charge in [-0.2, -0.15) is 0 Å². The summed E-state index contributed by atoms with van der Waals surface area (Å²) in [7, 11) is 1.62. The molecule has 0 aliphatic heterocycles. The highest BCUT2D eigenvalue weighted by atomic mass is 16.5. The van der Waals surface area contributed by atoms with E-state index in [9.17, 15) is 4.79 Å². The van der Waals surface area contributed by atoms with Crippen molar-refractivity contribution in [2.45, 2.75) is 6.42 Å². The zero-order valence-corrected chi connectivity index (χ0v) is 11.2. The Hall–Kier alpha value is -2.55. The third kappa shape index (κ3) is 3.72. The summed E-state index contributed by atoms with van der Waals surface area (Å²) >= 11 is 0. The van der Waals surface area contributed by atoms with Gasteiger partial charge in [-0.15, -0.1) is 0 Å². The minimum atomic E-state index is -0.961. The molecule has 3 nitrogen and oxygen atoms in total. The van der Waals surface area contributed by atoms with Crippen LogP contribution in [0.1, 0.15) is 16.7 Å². The number of carboxylic acids is 1. The fraction of sp³-hybridized carbons (Fsp3) is 0.118. The van der Waals surface area contributed by atoms with Crippen LogP contribution in [0.2, 0.25) is 0 Å². The molecule has 0 aliphatic rings. The van der Waals surface area contributed by atoms with Gasteiger partial charge in [0.15, 0.2) is 0 Å². The second-order valence-corrected chi connectivity index (χ2v) is 4.41. The van der Waals surface area contributed by atoms with Crippen LogP contribution >= 0.6 is 0 Å². The van der Waals surface area contributed by atoms with Gasteiger partial charge in [-0.3, -0.25) is 0 Å². The Morgan fingerprint density at radius 3 is 2.60 bits per heavy atom. The molecule has 0 atom stereocenters. The van der Waals surface area contributed by atoms with E-state index in [4.69, 9.17) is 9.84 Å². The molecule has 0 bridgehead atoms. The monoisotopic (exact) mass is 268 g/mol. The molecule has 0 amide bonds. The molecule has 0 aromatic heterocycles. The zero-order chi connectivity index (χ0) is 14.4. The van der Waals surface area contributed by atoms with Crippen LogP contribution in [0.5, 0.6) is 5.75 Å². The first-order valence-electron chi connectivity index (χ1n) is 6.31. The number of hydrogen-bond acceptors (Lipinski definition) is 2. The first-order chi connectivity index (χ1) is 9.69. The summed E-state index contributed by atoms with van der Waals surface area (Å²) in [6.07, 6.45) is 3.45. The van der Waals surface area contributed by atoms with Gasteiger partial charge in [-0.05, 0) is 28.8 Å². The lowest BCUT2D eigenvalue weighted by atomic mass is 10.0. The van der Waals surface area contributed by atoms with E-state index in [-0.39, 0.29) is 0 Å². The Morgan fingerprint density at radius 2 is 1.95 bits per heavy atom. The summed E-state index contributed by atoms with van der Waals surface area (Å²) in [5.74, 6) is -0.196. The number of benzene rings is 2. The number of aliphatic carboxylic acids is 1. The Labute approximate surface area is 118 Å². The largest absolute Gasteiger partial charge is 0.496 e. The number of hydrogen-bond donors (Lipinski definition) is 1. The van der Waals surface area contributed by atoms with E-state index >= 15 is 0 Å². The van der Waals surface area contributed by atoms with Crippen LogP contribution in [0.15, 0.2) is 54.6 Å². The minimum absolute atomic E-state index is 0.765. The van der Waals surface area contributed by atoms with Crippen molar-refractivity contribution in [3.8, 4) is 5.75 Å². The summed E-state index contributed by atoms with van der Waals surface area (Å²) in [5, 5.41) is 8.63. The summed E-state index contributed by atoms with van der Waals surface area (Å²) in [5.41, 5.74) is 3.09. The fourth-order valence-corrected chi connectivity index (χ4v) is 1.99. The topological polar surface area (TPSA) is 46.5 Å². The van der Waals surface area contributed by atoms with E-state index in [1.807, 2.05) is 36.4 Å². The van der Waals surface area contributed by atoms with Crippen molar-refractivity contribution >= 4 is 12.0 Å². The Balaban J connectivity index is 2.24. The normalized spacial score (nSPS) is 10.7. The van der Waals surface area contributed by atoms with Crippen molar-refractivity contribution in [3.05, 3.63) is 71.3 Å². The quantitative estimate of drug-likeness (QED) is 0.845.